The number of hydrogen-bond acceptors (Lipinski definition) is 4. The summed E-state index contributed by atoms with van der Waals surface area (Å²) in [5, 5.41) is 2.80. The van der Waals surface area contributed by atoms with Crippen LogP contribution in [0.4, 0.5) is 5.69 Å². The number of hydrogen-bond donors (Lipinski definition) is 1. The Morgan fingerprint density at radius 2 is 1.60 bits per heavy atom. The molecule has 0 heterocycles. The summed E-state index contributed by atoms with van der Waals surface area (Å²) in [6.07, 6.45) is 0. The van der Waals surface area contributed by atoms with Crippen LogP contribution in [0.15, 0.2) is 42.5 Å². The highest BCUT2D eigenvalue weighted by Gasteiger charge is 2.19. The molecule has 0 spiro atoms. The van der Waals surface area contributed by atoms with E-state index < -0.39 is 0 Å². The molecule has 0 aliphatic rings. The number of amides is 1. The summed E-state index contributed by atoms with van der Waals surface area (Å²) in [6.45, 7) is 6.25. The van der Waals surface area contributed by atoms with Gasteiger partial charge in [-0.1, -0.05) is 39.0 Å². The van der Waals surface area contributed by atoms with Gasteiger partial charge in [0.25, 0.3) is 5.91 Å². The highest BCUT2D eigenvalue weighted by molar-refractivity contribution is 5.92. The normalized spacial score (nSPS) is 10.9. The van der Waals surface area contributed by atoms with Gasteiger partial charge in [0.05, 0.1) is 14.2 Å². The van der Waals surface area contributed by atoms with Gasteiger partial charge in [-0.3, -0.25) is 4.79 Å². The minimum Gasteiger partial charge on any atom is -0.497 e. The van der Waals surface area contributed by atoms with E-state index in [9.17, 15) is 4.79 Å². The van der Waals surface area contributed by atoms with Crippen molar-refractivity contribution in [2.24, 2.45) is 0 Å². The molecule has 0 atom stereocenters. The predicted molar refractivity (Wildman–Crippen MR) is 98.8 cm³/mol. The topological polar surface area (TPSA) is 56.8 Å². The monoisotopic (exact) mass is 343 g/mol. The van der Waals surface area contributed by atoms with Crippen LogP contribution in [-0.2, 0) is 10.2 Å². The first kappa shape index (κ1) is 18.6. The first-order valence-electron chi connectivity index (χ1n) is 8.08. The zero-order valence-corrected chi connectivity index (χ0v) is 15.4. The maximum atomic E-state index is 12.2. The van der Waals surface area contributed by atoms with Gasteiger partial charge in [0.2, 0.25) is 0 Å². The van der Waals surface area contributed by atoms with E-state index in [-0.39, 0.29) is 17.9 Å². The van der Waals surface area contributed by atoms with E-state index in [2.05, 4.69) is 26.1 Å². The molecular weight excluding hydrogens is 318 g/mol. The molecule has 0 saturated carbocycles. The van der Waals surface area contributed by atoms with E-state index >= 15 is 0 Å². The fraction of sp³-hybridized carbons (Fsp3) is 0.350. The predicted octanol–water partition coefficient (Wildman–Crippen LogP) is 4.02. The number of anilines is 1. The zero-order chi connectivity index (χ0) is 18.4. The lowest BCUT2D eigenvalue weighted by molar-refractivity contribution is -0.118. The molecular formula is C20H25NO4. The molecule has 0 aromatic heterocycles. The summed E-state index contributed by atoms with van der Waals surface area (Å²) < 4.78 is 16.1. The third-order valence-electron chi connectivity index (χ3n) is 3.69. The molecule has 0 unspecified atom stereocenters. The molecule has 0 aliphatic carbocycles. The van der Waals surface area contributed by atoms with E-state index in [4.69, 9.17) is 14.2 Å². The average molecular weight is 343 g/mol. The maximum Gasteiger partial charge on any atom is 0.262 e. The van der Waals surface area contributed by atoms with E-state index in [0.717, 1.165) is 5.56 Å². The largest absolute Gasteiger partial charge is 0.497 e. The summed E-state index contributed by atoms with van der Waals surface area (Å²) in [5.41, 5.74) is 1.59. The summed E-state index contributed by atoms with van der Waals surface area (Å²) in [7, 11) is 3.12. The van der Waals surface area contributed by atoms with Crippen LogP contribution in [0.25, 0.3) is 0 Å². The van der Waals surface area contributed by atoms with Gasteiger partial charge in [-0.05, 0) is 17.0 Å². The maximum absolute atomic E-state index is 12.2. The van der Waals surface area contributed by atoms with Gasteiger partial charge in [-0.25, -0.2) is 0 Å². The Kier molecular flexibility index (Phi) is 5.91. The van der Waals surface area contributed by atoms with E-state index in [1.165, 1.54) is 0 Å². The lowest BCUT2D eigenvalue weighted by Crippen LogP contribution is -2.22. The number of nitrogens with one attached hydrogen (secondary N) is 1. The fourth-order valence-electron chi connectivity index (χ4n) is 2.43. The van der Waals surface area contributed by atoms with E-state index in [0.29, 0.717) is 22.9 Å². The Balaban J connectivity index is 2.05. The Labute approximate surface area is 148 Å². The van der Waals surface area contributed by atoms with Gasteiger partial charge in [0.1, 0.15) is 17.2 Å². The lowest BCUT2D eigenvalue weighted by Gasteiger charge is -2.22. The number of carbonyl (C=O) groups excluding carboxylic acids is 1. The molecule has 134 valence electrons. The summed E-state index contributed by atoms with van der Waals surface area (Å²) >= 11 is 0. The minimum absolute atomic E-state index is 0.0623. The Morgan fingerprint density at radius 1 is 1.00 bits per heavy atom. The highest BCUT2D eigenvalue weighted by Crippen LogP contribution is 2.31. The molecule has 0 saturated heterocycles. The van der Waals surface area contributed by atoms with Crippen molar-refractivity contribution < 1.29 is 19.0 Å². The van der Waals surface area contributed by atoms with Gasteiger partial charge >= 0.3 is 0 Å². The number of methoxy groups -OCH3 is 2. The van der Waals surface area contributed by atoms with Gasteiger partial charge < -0.3 is 19.5 Å². The van der Waals surface area contributed by atoms with Crippen LogP contribution in [0.2, 0.25) is 0 Å². The van der Waals surface area contributed by atoms with Crippen LogP contribution in [0.5, 0.6) is 17.2 Å². The van der Waals surface area contributed by atoms with Crippen molar-refractivity contribution in [3.8, 4) is 17.2 Å². The van der Waals surface area contributed by atoms with Crippen molar-refractivity contribution in [2.45, 2.75) is 26.2 Å². The van der Waals surface area contributed by atoms with Crippen LogP contribution < -0.4 is 19.5 Å². The molecule has 2 aromatic carbocycles. The second-order valence-electron chi connectivity index (χ2n) is 6.68. The molecule has 1 amide bonds. The van der Waals surface area contributed by atoms with Crippen molar-refractivity contribution in [1.82, 2.24) is 0 Å². The second kappa shape index (κ2) is 7.92. The Bertz CT molecular complexity index is 712. The number of para-hydroxylation sites is 1. The summed E-state index contributed by atoms with van der Waals surface area (Å²) in [4.78, 5) is 12.2. The molecule has 1 N–H and O–H groups in total. The van der Waals surface area contributed by atoms with Gasteiger partial charge in [-0.15, -0.1) is 0 Å². The fourth-order valence-corrected chi connectivity index (χ4v) is 2.43. The van der Waals surface area contributed by atoms with Gasteiger partial charge in [0, 0.05) is 23.9 Å². The zero-order valence-electron chi connectivity index (χ0n) is 15.4. The first-order chi connectivity index (χ1) is 11.8. The van der Waals surface area contributed by atoms with Crippen LogP contribution in [0.3, 0.4) is 0 Å². The van der Waals surface area contributed by atoms with Gasteiger partial charge in [-0.2, -0.15) is 0 Å². The standard InChI is InChI=1S/C20H25NO4/c1-20(2,3)17-8-6-7-9-18(17)25-13-19(22)21-14-10-15(23-4)12-16(11-14)24-5/h6-12H,13H2,1-5H3,(H,21,22). The Morgan fingerprint density at radius 3 is 2.16 bits per heavy atom. The van der Waals surface area contributed by atoms with Gasteiger partial charge in [0.15, 0.2) is 6.61 Å². The van der Waals surface area contributed by atoms with Crippen molar-refractivity contribution in [1.29, 1.82) is 0 Å². The van der Waals surface area contributed by atoms with Crippen molar-refractivity contribution in [3.05, 3.63) is 48.0 Å². The lowest BCUT2D eigenvalue weighted by atomic mass is 9.86. The number of carbonyl (C=O) groups is 1. The van der Waals surface area contributed by atoms with E-state index in [1.54, 1.807) is 32.4 Å². The molecule has 5 nitrogen and oxygen atoms in total. The minimum atomic E-state index is -0.251. The van der Waals surface area contributed by atoms with E-state index in [1.807, 2.05) is 24.3 Å². The average Bonchev–Trinajstić information content (AvgIpc) is 2.59. The number of ether oxygens (including phenoxy) is 3. The molecule has 0 radical (unpaired) electrons. The van der Waals surface area contributed by atoms with Crippen LogP contribution in [0, 0.1) is 0 Å². The molecule has 25 heavy (non-hydrogen) atoms. The third-order valence-corrected chi connectivity index (χ3v) is 3.69. The molecule has 5 heteroatoms. The van der Waals surface area contributed by atoms with Crippen LogP contribution in [0.1, 0.15) is 26.3 Å². The van der Waals surface area contributed by atoms with Crippen molar-refractivity contribution >= 4 is 11.6 Å². The van der Waals surface area contributed by atoms with Crippen molar-refractivity contribution in [3.63, 3.8) is 0 Å². The second-order valence-corrected chi connectivity index (χ2v) is 6.68. The first-order valence-corrected chi connectivity index (χ1v) is 8.08. The SMILES string of the molecule is COc1cc(NC(=O)COc2ccccc2C(C)(C)C)cc(OC)c1. The highest BCUT2D eigenvalue weighted by atomic mass is 16.5. The molecule has 0 bridgehead atoms. The number of benzene rings is 2. The Hall–Kier alpha value is -2.69. The smallest absolute Gasteiger partial charge is 0.262 e. The number of rotatable bonds is 6. The third kappa shape index (κ3) is 5.14. The quantitative estimate of drug-likeness (QED) is 0.861. The van der Waals surface area contributed by atoms with Crippen molar-refractivity contribution in [2.75, 3.05) is 26.1 Å². The molecule has 2 rings (SSSR count). The van der Waals surface area contributed by atoms with Crippen LogP contribution >= 0.6 is 0 Å². The molecule has 0 fully saturated rings. The summed E-state index contributed by atoms with van der Waals surface area (Å²) in [6, 6.07) is 13.0. The molecule has 2 aromatic rings. The van der Waals surface area contributed by atoms with Crippen LogP contribution in [-0.4, -0.2) is 26.7 Å². The summed E-state index contributed by atoms with van der Waals surface area (Å²) in [5.74, 6) is 1.68. The molecule has 0 aliphatic heterocycles.